The molecule has 5 nitrogen and oxygen atoms in total. The summed E-state index contributed by atoms with van der Waals surface area (Å²) in [6.45, 7) is 4.08. The van der Waals surface area contributed by atoms with Gasteiger partial charge in [0, 0.05) is 24.5 Å². The fourth-order valence-electron chi connectivity index (χ4n) is 3.72. The smallest absolute Gasteiger partial charge is 0.315 e. The van der Waals surface area contributed by atoms with Gasteiger partial charge in [-0.05, 0) is 61.5 Å². The third kappa shape index (κ3) is 7.54. The molecule has 1 saturated carbocycles. The minimum atomic E-state index is -0.103. The maximum atomic E-state index is 12.0. The van der Waals surface area contributed by atoms with E-state index < -0.39 is 0 Å². The van der Waals surface area contributed by atoms with Gasteiger partial charge in [-0.25, -0.2) is 4.79 Å². The van der Waals surface area contributed by atoms with Gasteiger partial charge >= 0.3 is 6.03 Å². The Kier molecular flexibility index (Phi) is 8.11. The molecule has 1 aromatic heterocycles. The number of nitrogens with one attached hydrogen (secondary N) is 3. The standard InChI is InChI=1S/C23H31N3O2S/c1-17-4-6-18(7-5-17)15-25-23(28)26-16-20-10-8-19(9-11-20)14-24-22(27)13-21-3-2-12-29-21/h2-7,12,19-20H,8-11,13-16H2,1H3,(H,24,27)(H2,25,26,28). The van der Waals surface area contributed by atoms with Gasteiger partial charge in [-0.2, -0.15) is 0 Å². The molecule has 1 aliphatic rings. The molecule has 0 unspecified atom stereocenters. The van der Waals surface area contributed by atoms with Crippen molar-refractivity contribution in [3.05, 3.63) is 57.8 Å². The van der Waals surface area contributed by atoms with E-state index >= 15 is 0 Å². The Morgan fingerprint density at radius 2 is 1.59 bits per heavy atom. The summed E-state index contributed by atoms with van der Waals surface area (Å²) in [5.41, 5.74) is 2.32. The minimum Gasteiger partial charge on any atom is -0.356 e. The lowest BCUT2D eigenvalue weighted by Crippen LogP contribution is -2.39. The van der Waals surface area contributed by atoms with Crippen molar-refractivity contribution in [1.82, 2.24) is 16.0 Å². The van der Waals surface area contributed by atoms with Crippen molar-refractivity contribution in [3.63, 3.8) is 0 Å². The first-order chi connectivity index (χ1) is 14.1. The summed E-state index contributed by atoms with van der Waals surface area (Å²) in [7, 11) is 0. The summed E-state index contributed by atoms with van der Waals surface area (Å²) in [4.78, 5) is 25.2. The molecule has 156 valence electrons. The molecule has 0 atom stereocenters. The summed E-state index contributed by atoms with van der Waals surface area (Å²) in [6, 6.07) is 12.1. The predicted octanol–water partition coefficient (Wildman–Crippen LogP) is 4.02. The first-order valence-electron chi connectivity index (χ1n) is 10.4. The SMILES string of the molecule is Cc1ccc(CNC(=O)NCC2CCC(CNC(=O)Cc3cccs3)CC2)cc1. The first kappa shape index (κ1) is 21.4. The Bertz CT molecular complexity index is 766. The van der Waals surface area contributed by atoms with E-state index in [0.717, 1.165) is 49.2 Å². The number of benzene rings is 1. The summed E-state index contributed by atoms with van der Waals surface area (Å²) in [6.07, 6.45) is 4.90. The van der Waals surface area contributed by atoms with Crippen molar-refractivity contribution in [3.8, 4) is 0 Å². The highest BCUT2D eigenvalue weighted by Gasteiger charge is 2.22. The zero-order chi connectivity index (χ0) is 20.5. The second kappa shape index (κ2) is 11.0. The summed E-state index contributed by atoms with van der Waals surface area (Å²) in [5, 5.41) is 11.0. The van der Waals surface area contributed by atoms with Crippen LogP contribution in [0.2, 0.25) is 0 Å². The molecule has 6 heteroatoms. The van der Waals surface area contributed by atoms with Gasteiger partial charge in [0.1, 0.15) is 0 Å². The van der Waals surface area contributed by atoms with Crippen LogP contribution in [0.25, 0.3) is 0 Å². The van der Waals surface area contributed by atoms with E-state index in [2.05, 4.69) is 35.0 Å². The number of rotatable bonds is 8. The number of amides is 3. The molecule has 0 spiro atoms. The maximum absolute atomic E-state index is 12.0. The molecule has 0 bridgehead atoms. The van der Waals surface area contributed by atoms with Crippen molar-refractivity contribution in [1.29, 1.82) is 0 Å². The fraction of sp³-hybridized carbons (Fsp3) is 0.478. The van der Waals surface area contributed by atoms with Gasteiger partial charge in [-0.1, -0.05) is 35.9 Å². The van der Waals surface area contributed by atoms with Crippen LogP contribution in [-0.2, 0) is 17.8 Å². The highest BCUT2D eigenvalue weighted by molar-refractivity contribution is 7.10. The van der Waals surface area contributed by atoms with Gasteiger partial charge in [0.25, 0.3) is 0 Å². The van der Waals surface area contributed by atoms with Gasteiger partial charge in [0.15, 0.2) is 0 Å². The Balaban J connectivity index is 1.26. The van der Waals surface area contributed by atoms with E-state index in [0.29, 0.717) is 24.8 Å². The molecular formula is C23H31N3O2S. The maximum Gasteiger partial charge on any atom is 0.315 e. The largest absolute Gasteiger partial charge is 0.356 e. The highest BCUT2D eigenvalue weighted by atomic mass is 32.1. The van der Waals surface area contributed by atoms with Crippen molar-refractivity contribution in [2.24, 2.45) is 11.8 Å². The van der Waals surface area contributed by atoms with Gasteiger partial charge < -0.3 is 16.0 Å². The normalized spacial score (nSPS) is 18.8. The number of aryl methyl sites for hydroxylation is 1. The number of hydrogen-bond acceptors (Lipinski definition) is 3. The quantitative estimate of drug-likeness (QED) is 0.612. The van der Waals surface area contributed by atoms with Crippen LogP contribution in [0, 0.1) is 18.8 Å². The lowest BCUT2D eigenvalue weighted by atomic mass is 9.82. The third-order valence-electron chi connectivity index (χ3n) is 5.59. The molecule has 1 heterocycles. The number of urea groups is 1. The van der Waals surface area contributed by atoms with E-state index in [1.807, 2.05) is 29.6 Å². The molecule has 0 aliphatic heterocycles. The van der Waals surface area contributed by atoms with Crippen LogP contribution in [-0.4, -0.2) is 25.0 Å². The predicted molar refractivity (Wildman–Crippen MR) is 118 cm³/mol. The molecule has 0 radical (unpaired) electrons. The second-order valence-electron chi connectivity index (χ2n) is 8.00. The highest BCUT2D eigenvalue weighted by Crippen LogP contribution is 2.28. The van der Waals surface area contributed by atoms with Crippen LogP contribution >= 0.6 is 11.3 Å². The summed E-state index contributed by atoms with van der Waals surface area (Å²) < 4.78 is 0. The topological polar surface area (TPSA) is 70.2 Å². The molecule has 1 aliphatic carbocycles. The molecular weight excluding hydrogens is 382 g/mol. The van der Waals surface area contributed by atoms with E-state index in [-0.39, 0.29) is 11.9 Å². The molecule has 3 N–H and O–H groups in total. The summed E-state index contributed by atoms with van der Waals surface area (Å²) in [5.74, 6) is 1.19. The third-order valence-corrected chi connectivity index (χ3v) is 6.47. The van der Waals surface area contributed by atoms with Crippen LogP contribution in [0.4, 0.5) is 4.79 Å². The zero-order valence-electron chi connectivity index (χ0n) is 17.1. The lowest BCUT2D eigenvalue weighted by molar-refractivity contribution is -0.120. The van der Waals surface area contributed by atoms with Crippen molar-refractivity contribution in [2.45, 2.75) is 45.6 Å². The lowest BCUT2D eigenvalue weighted by Gasteiger charge is -2.28. The fourth-order valence-corrected chi connectivity index (χ4v) is 4.42. The van der Waals surface area contributed by atoms with Crippen molar-refractivity contribution >= 4 is 23.3 Å². The van der Waals surface area contributed by atoms with Crippen LogP contribution in [0.15, 0.2) is 41.8 Å². The zero-order valence-corrected chi connectivity index (χ0v) is 17.9. The average Bonchev–Trinajstić information content (AvgIpc) is 3.24. The summed E-state index contributed by atoms with van der Waals surface area (Å²) >= 11 is 1.62. The monoisotopic (exact) mass is 413 g/mol. The first-order valence-corrected chi connectivity index (χ1v) is 11.3. The van der Waals surface area contributed by atoms with Crippen LogP contribution in [0.5, 0.6) is 0 Å². The Hall–Kier alpha value is -2.34. The van der Waals surface area contributed by atoms with E-state index in [1.165, 1.54) is 5.56 Å². The Morgan fingerprint density at radius 3 is 2.21 bits per heavy atom. The van der Waals surface area contributed by atoms with Gasteiger partial charge in [-0.15, -0.1) is 11.3 Å². The molecule has 2 aromatic rings. The van der Waals surface area contributed by atoms with Crippen LogP contribution in [0.3, 0.4) is 0 Å². The number of hydrogen-bond donors (Lipinski definition) is 3. The van der Waals surface area contributed by atoms with Crippen molar-refractivity contribution in [2.75, 3.05) is 13.1 Å². The molecule has 29 heavy (non-hydrogen) atoms. The van der Waals surface area contributed by atoms with Gasteiger partial charge in [0.2, 0.25) is 5.91 Å². The van der Waals surface area contributed by atoms with E-state index in [4.69, 9.17) is 0 Å². The Morgan fingerprint density at radius 1 is 0.931 bits per heavy atom. The van der Waals surface area contributed by atoms with Gasteiger partial charge in [0.05, 0.1) is 6.42 Å². The number of thiophene rings is 1. The van der Waals surface area contributed by atoms with Crippen LogP contribution in [0.1, 0.15) is 41.7 Å². The van der Waals surface area contributed by atoms with Crippen molar-refractivity contribution < 1.29 is 9.59 Å². The number of carbonyl (C=O) groups excluding carboxylic acids is 2. The van der Waals surface area contributed by atoms with Gasteiger partial charge in [-0.3, -0.25) is 4.79 Å². The Labute approximate surface area is 177 Å². The number of carbonyl (C=O) groups is 2. The minimum absolute atomic E-state index is 0.103. The molecule has 1 fully saturated rings. The molecule has 3 amide bonds. The molecule has 1 aromatic carbocycles. The van der Waals surface area contributed by atoms with E-state index in [9.17, 15) is 9.59 Å². The second-order valence-corrected chi connectivity index (χ2v) is 9.03. The molecule has 0 saturated heterocycles. The average molecular weight is 414 g/mol. The molecule has 3 rings (SSSR count). The van der Waals surface area contributed by atoms with E-state index in [1.54, 1.807) is 11.3 Å². The van der Waals surface area contributed by atoms with Crippen LogP contribution < -0.4 is 16.0 Å².